The molecule has 1 saturated heterocycles. The second kappa shape index (κ2) is 8.73. The summed E-state index contributed by atoms with van der Waals surface area (Å²) in [7, 11) is 0. The number of carbonyl (C=O) groups excluding carboxylic acids is 1. The van der Waals surface area contributed by atoms with Crippen molar-refractivity contribution in [1.82, 2.24) is 4.90 Å². The molecule has 26 heavy (non-hydrogen) atoms. The maximum atomic E-state index is 13.1. The molecular weight excluding hydrogens is 441 g/mol. The smallest absolute Gasteiger partial charge is 0.377 e. The third-order valence-corrected chi connectivity index (χ3v) is 5.35. The Bertz CT molecular complexity index is 671. The van der Waals surface area contributed by atoms with Gasteiger partial charge in [-0.25, -0.2) is 0 Å². The van der Waals surface area contributed by atoms with E-state index in [2.05, 4.69) is 15.9 Å². The van der Waals surface area contributed by atoms with Crippen LogP contribution in [0.2, 0.25) is 0 Å². The Hall–Kier alpha value is -1.09. The van der Waals surface area contributed by atoms with Crippen molar-refractivity contribution in [2.24, 2.45) is 0 Å². The topological polar surface area (TPSA) is 20.3 Å². The lowest BCUT2D eigenvalue weighted by atomic mass is 10.0. The largest absolute Gasteiger partial charge is 0.464 e. The number of likely N-dealkylation sites (tertiary alicyclic amines) is 1. The first-order valence-electron chi connectivity index (χ1n) is 7.94. The Balaban J connectivity index is 2.23. The fourth-order valence-corrected chi connectivity index (χ4v) is 3.54. The van der Waals surface area contributed by atoms with Crippen LogP contribution in [0.15, 0.2) is 34.9 Å². The molecule has 1 aliphatic heterocycles. The third-order valence-electron chi connectivity index (χ3n) is 3.85. The lowest BCUT2D eigenvalue weighted by Crippen LogP contribution is -2.34. The number of hydrogen-bond donors (Lipinski definition) is 0. The third kappa shape index (κ3) is 5.70. The molecule has 0 bridgehead atoms. The van der Waals surface area contributed by atoms with Crippen molar-refractivity contribution in [3.8, 4) is 0 Å². The summed E-state index contributed by atoms with van der Waals surface area (Å²) in [6.07, 6.45) is -1.16. The van der Waals surface area contributed by atoms with Crippen molar-refractivity contribution in [2.45, 2.75) is 30.7 Å². The molecule has 0 saturated carbocycles. The van der Waals surface area contributed by atoms with E-state index >= 15 is 0 Å². The predicted molar refractivity (Wildman–Crippen MR) is 96.0 cm³/mol. The van der Waals surface area contributed by atoms with Crippen LogP contribution in [-0.2, 0) is 4.79 Å². The maximum absolute atomic E-state index is 13.1. The summed E-state index contributed by atoms with van der Waals surface area (Å²) in [6, 6.07) is 6.68. The zero-order valence-electron chi connectivity index (χ0n) is 13.7. The van der Waals surface area contributed by atoms with E-state index in [9.17, 15) is 26.7 Å². The van der Waals surface area contributed by atoms with Crippen LogP contribution in [0, 0.1) is 0 Å². The van der Waals surface area contributed by atoms with Gasteiger partial charge < -0.3 is 4.90 Å². The number of rotatable bonds is 6. The maximum Gasteiger partial charge on any atom is 0.464 e. The van der Waals surface area contributed by atoms with Gasteiger partial charge in [0.05, 0.1) is 5.75 Å². The van der Waals surface area contributed by atoms with Crippen LogP contribution in [0.5, 0.6) is 0 Å². The molecule has 1 aliphatic rings. The number of piperidine rings is 1. The average molecular weight is 458 g/mol. The number of thioether (sulfide) groups is 1. The molecule has 0 aromatic heterocycles. The first-order valence-corrected chi connectivity index (χ1v) is 9.71. The minimum atomic E-state index is -5.69. The van der Waals surface area contributed by atoms with E-state index in [0.29, 0.717) is 10.0 Å². The van der Waals surface area contributed by atoms with Gasteiger partial charge in [0, 0.05) is 29.3 Å². The molecule has 0 aliphatic carbocycles. The molecule has 1 fully saturated rings. The van der Waals surface area contributed by atoms with Crippen LogP contribution in [0.25, 0.3) is 5.57 Å². The van der Waals surface area contributed by atoms with Gasteiger partial charge in [-0.3, -0.25) is 4.79 Å². The summed E-state index contributed by atoms with van der Waals surface area (Å²) in [5.41, 5.74) is 0.615. The lowest BCUT2D eigenvalue weighted by molar-refractivity contribution is -0.237. The number of benzene rings is 1. The molecule has 0 amide bonds. The first-order chi connectivity index (χ1) is 12.1. The Kier molecular flexibility index (Phi) is 7.12. The van der Waals surface area contributed by atoms with Gasteiger partial charge in [-0.2, -0.15) is 22.0 Å². The Morgan fingerprint density at radius 3 is 2.38 bits per heavy atom. The molecule has 0 radical (unpaired) electrons. The SMILES string of the molecule is O=C(CSC(F)(F)C(F)(F)F)/C(=C/N1CCCCC1)c1cccc(Br)c1. The zero-order valence-corrected chi connectivity index (χ0v) is 16.1. The summed E-state index contributed by atoms with van der Waals surface area (Å²) in [6.45, 7) is 1.44. The highest BCUT2D eigenvalue weighted by Gasteiger charge is 2.58. The van der Waals surface area contributed by atoms with Crippen LogP contribution in [-0.4, -0.2) is 41.0 Å². The normalized spacial score (nSPS) is 16.7. The number of carbonyl (C=O) groups is 1. The van der Waals surface area contributed by atoms with Gasteiger partial charge in [0.25, 0.3) is 0 Å². The van der Waals surface area contributed by atoms with Gasteiger partial charge in [0.1, 0.15) is 0 Å². The predicted octanol–water partition coefficient (Wildman–Crippen LogP) is 5.73. The number of nitrogens with zero attached hydrogens (tertiary/aromatic N) is 1. The van der Waals surface area contributed by atoms with Crippen molar-refractivity contribution in [3.63, 3.8) is 0 Å². The van der Waals surface area contributed by atoms with Crippen molar-refractivity contribution in [2.75, 3.05) is 18.8 Å². The Morgan fingerprint density at radius 1 is 1.15 bits per heavy atom. The van der Waals surface area contributed by atoms with Crippen LogP contribution >= 0.6 is 27.7 Å². The second-order valence-electron chi connectivity index (χ2n) is 5.88. The second-order valence-corrected chi connectivity index (χ2v) is 7.88. The highest BCUT2D eigenvalue weighted by atomic mass is 79.9. The Labute approximate surface area is 160 Å². The molecule has 0 spiro atoms. The number of hydrogen-bond acceptors (Lipinski definition) is 3. The minimum Gasteiger partial charge on any atom is -0.377 e. The fourth-order valence-electron chi connectivity index (χ4n) is 2.51. The molecule has 0 unspecified atom stereocenters. The average Bonchev–Trinajstić information content (AvgIpc) is 2.57. The van der Waals surface area contributed by atoms with Crippen molar-refractivity contribution in [3.05, 3.63) is 40.5 Å². The fraction of sp³-hybridized carbons (Fsp3) is 0.471. The minimum absolute atomic E-state index is 0.138. The summed E-state index contributed by atoms with van der Waals surface area (Å²) < 4.78 is 63.9. The summed E-state index contributed by atoms with van der Waals surface area (Å²) in [4.78, 5) is 14.4. The van der Waals surface area contributed by atoms with Crippen molar-refractivity contribution in [1.29, 1.82) is 0 Å². The monoisotopic (exact) mass is 457 g/mol. The molecular formula is C17H17BrF5NOS. The van der Waals surface area contributed by atoms with Crippen LogP contribution in [0.3, 0.4) is 0 Å². The van der Waals surface area contributed by atoms with E-state index in [4.69, 9.17) is 0 Å². The van der Waals surface area contributed by atoms with Gasteiger partial charge in [-0.1, -0.05) is 39.8 Å². The van der Waals surface area contributed by atoms with Crippen LogP contribution in [0.1, 0.15) is 24.8 Å². The zero-order chi connectivity index (χ0) is 19.4. The summed E-state index contributed by atoms with van der Waals surface area (Å²) in [5.74, 6) is -1.72. The highest BCUT2D eigenvalue weighted by molar-refractivity contribution is 9.10. The highest BCUT2D eigenvalue weighted by Crippen LogP contribution is 2.44. The van der Waals surface area contributed by atoms with Gasteiger partial charge in [0.15, 0.2) is 5.78 Å². The molecule has 9 heteroatoms. The standard InChI is InChI=1S/C17H17BrF5NOS/c18-13-6-4-5-12(9-13)14(10-24-7-2-1-3-8-24)15(25)11-26-17(22,23)16(19,20)21/h4-6,9-10H,1-3,7-8,11H2/b14-10+. The van der Waals surface area contributed by atoms with E-state index in [0.717, 1.165) is 32.4 Å². The molecule has 1 heterocycles. The number of ketones is 1. The van der Waals surface area contributed by atoms with Gasteiger partial charge in [-0.05, 0) is 37.0 Å². The number of alkyl halides is 5. The number of halogens is 6. The molecule has 1 aromatic rings. The molecule has 144 valence electrons. The quantitative estimate of drug-likeness (QED) is 0.401. The van der Waals surface area contributed by atoms with Crippen molar-refractivity contribution >= 4 is 39.0 Å². The summed E-state index contributed by atoms with van der Waals surface area (Å²) in [5, 5.41) is -4.96. The molecule has 0 atom stereocenters. The van der Waals surface area contributed by atoms with Crippen LogP contribution < -0.4 is 0 Å². The van der Waals surface area contributed by atoms with Crippen molar-refractivity contribution < 1.29 is 26.7 Å². The van der Waals surface area contributed by atoms with Gasteiger partial charge >= 0.3 is 11.4 Å². The Morgan fingerprint density at radius 2 is 1.81 bits per heavy atom. The van der Waals surface area contributed by atoms with E-state index in [-0.39, 0.29) is 5.57 Å². The molecule has 0 N–H and O–H groups in total. The number of Topliss-reactive ketones (excluding diaryl/α,β-unsaturated/α-hetero) is 1. The summed E-state index contributed by atoms with van der Waals surface area (Å²) >= 11 is 2.58. The van der Waals surface area contributed by atoms with Gasteiger partial charge in [-0.15, -0.1) is 0 Å². The van der Waals surface area contributed by atoms with Crippen LogP contribution in [0.4, 0.5) is 22.0 Å². The number of allylic oxidation sites excluding steroid dienone is 1. The molecule has 2 rings (SSSR count). The molecule has 1 aromatic carbocycles. The molecule has 2 nitrogen and oxygen atoms in total. The van der Waals surface area contributed by atoms with E-state index in [1.165, 1.54) is 0 Å². The van der Waals surface area contributed by atoms with E-state index in [1.807, 2.05) is 4.90 Å². The first kappa shape index (κ1) is 21.2. The lowest BCUT2D eigenvalue weighted by Gasteiger charge is -2.26. The van der Waals surface area contributed by atoms with E-state index in [1.54, 1.807) is 30.5 Å². The van der Waals surface area contributed by atoms with E-state index < -0.39 is 34.7 Å². The van der Waals surface area contributed by atoms with Gasteiger partial charge in [0.2, 0.25) is 0 Å².